The highest BCUT2D eigenvalue weighted by molar-refractivity contribution is 5.68. The monoisotopic (exact) mass is 349 g/mol. The normalized spacial score (nSPS) is 17.4. The Bertz CT molecular complexity index is 591. The minimum absolute atomic E-state index is 0.128. The Balaban J connectivity index is 1.75. The van der Waals surface area contributed by atoms with Crippen LogP contribution in [0.1, 0.15) is 39.2 Å². The molecule has 1 atom stereocenters. The number of likely N-dealkylation sites (tertiary alicyclic amines) is 1. The summed E-state index contributed by atoms with van der Waals surface area (Å²) >= 11 is 0. The zero-order valence-electron chi connectivity index (χ0n) is 15.2. The van der Waals surface area contributed by atoms with Gasteiger partial charge in [-0.15, -0.1) is 0 Å². The molecule has 1 aromatic rings. The predicted molar refractivity (Wildman–Crippen MR) is 93.8 cm³/mol. The molecule has 0 aliphatic carbocycles. The first-order chi connectivity index (χ1) is 11.7. The third kappa shape index (κ3) is 6.64. The van der Waals surface area contributed by atoms with E-state index < -0.39 is 11.6 Å². The van der Waals surface area contributed by atoms with Crippen molar-refractivity contribution in [3.8, 4) is 5.75 Å². The summed E-state index contributed by atoms with van der Waals surface area (Å²) in [5, 5.41) is 8.70. The lowest BCUT2D eigenvalue weighted by atomic mass is 10.1. The van der Waals surface area contributed by atoms with Crippen molar-refractivity contribution in [2.75, 3.05) is 19.7 Å². The molecule has 1 N–H and O–H groups in total. The van der Waals surface area contributed by atoms with Crippen molar-refractivity contribution in [2.45, 2.75) is 45.6 Å². The fraction of sp³-hybridized carbons (Fsp3) is 0.579. The van der Waals surface area contributed by atoms with Crippen LogP contribution in [0.25, 0.3) is 0 Å². The van der Waals surface area contributed by atoms with Gasteiger partial charge in [0.15, 0.2) is 0 Å². The van der Waals surface area contributed by atoms with Gasteiger partial charge in [-0.25, -0.2) is 4.79 Å². The Morgan fingerprint density at radius 1 is 1.24 bits per heavy atom. The average molecular weight is 349 g/mol. The van der Waals surface area contributed by atoms with Gasteiger partial charge in [0.1, 0.15) is 11.4 Å². The molecule has 0 saturated carbocycles. The van der Waals surface area contributed by atoms with Crippen LogP contribution in [0.2, 0.25) is 0 Å². The summed E-state index contributed by atoms with van der Waals surface area (Å²) in [6, 6.07) is 7.50. The van der Waals surface area contributed by atoms with Crippen molar-refractivity contribution >= 4 is 12.1 Å². The molecule has 138 valence electrons. The number of benzene rings is 1. The lowest BCUT2D eigenvalue weighted by Crippen LogP contribution is -2.35. The summed E-state index contributed by atoms with van der Waals surface area (Å²) in [5.74, 6) is 0.255. The van der Waals surface area contributed by atoms with Gasteiger partial charge in [-0.05, 0) is 51.3 Å². The number of carbonyl (C=O) groups excluding carboxylic acids is 1. The van der Waals surface area contributed by atoms with E-state index in [1.54, 1.807) is 4.90 Å². The van der Waals surface area contributed by atoms with Crippen LogP contribution in [0.4, 0.5) is 4.79 Å². The van der Waals surface area contributed by atoms with Crippen molar-refractivity contribution in [2.24, 2.45) is 5.92 Å². The van der Waals surface area contributed by atoms with E-state index in [-0.39, 0.29) is 12.5 Å². The maximum absolute atomic E-state index is 12.0. The van der Waals surface area contributed by atoms with Crippen LogP contribution in [-0.4, -0.2) is 47.4 Å². The van der Waals surface area contributed by atoms with Crippen LogP contribution in [-0.2, 0) is 16.0 Å². The van der Waals surface area contributed by atoms with E-state index in [2.05, 4.69) is 0 Å². The number of carbonyl (C=O) groups is 2. The summed E-state index contributed by atoms with van der Waals surface area (Å²) in [6.07, 6.45) is 1.28. The largest absolute Gasteiger partial charge is 0.493 e. The van der Waals surface area contributed by atoms with Crippen LogP contribution < -0.4 is 4.74 Å². The maximum Gasteiger partial charge on any atom is 0.410 e. The number of hydrogen-bond acceptors (Lipinski definition) is 4. The SMILES string of the molecule is CC(C)(C)OC(=O)N1CCC(COc2ccc(CCC(=O)O)cc2)C1. The highest BCUT2D eigenvalue weighted by Crippen LogP contribution is 2.21. The van der Waals surface area contributed by atoms with Crippen molar-refractivity contribution in [3.63, 3.8) is 0 Å². The second-order valence-corrected chi connectivity index (χ2v) is 7.43. The third-order valence-corrected chi connectivity index (χ3v) is 3.97. The van der Waals surface area contributed by atoms with Gasteiger partial charge >= 0.3 is 12.1 Å². The van der Waals surface area contributed by atoms with Crippen LogP contribution in [0.15, 0.2) is 24.3 Å². The van der Waals surface area contributed by atoms with E-state index in [4.69, 9.17) is 14.6 Å². The number of aryl methyl sites for hydroxylation is 1. The Morgan fingerprint density at radius 3 is 2.52 bits per heavy atom. The fourth-order valence-electron chi connectivity index (χ4n) is 2.68. The molecular weight excluding hydrogens is 322 g/mol. The Kier molecular flexibility index (Phi) is 6.28. The first-order valence-corrected chi connectivity index (χ1v) is 8.64. The Hall–Kier alpha value is -2.24. The van der Waals surface area contributed by atoms with Gasteiger partial charge in [-0.1, -0.05) is 12.1 Å². The highest BCUT2D eigenvalue weighted by Gasteiger charge is 2.30. The van der Waals surface area contributed by atoms with Gasteiger partial charge in [-0.2, -0.15) is 0 Å². The third-order valence-electron chi connectivity index (χ3n) is 3.97. The molecule has 25 heavy (non-hydrogen) atoms. The molecule has 1 aliphatic heterocycles. The Labute approximate surface area is 148 Å². The molecule has 1 heterocycles. The lowest BCUT2D eigenvalue weighted by Gasteiger charge is -2.24. The van der Waals surface area contributed by atoms with Crippen molar-refractivity contribution in [1.82, 2.24) is 4.90 Å². The minimum Gasteiger partial charge on any atom is -0.493 e. The molecule has 1 fully saturated rings. The smallest absolute Gasteiger partial charge is 0.410 e. The van der Waals surface area contributed by atoms with E-state index in [1.165, 1.54) is 0 Å². The maximum atomic E-state index is 12.0. The summed E-state index contributed by atoms with van der Waals surface area (Å²) in [6.45, 7) is 7.47. The average Bonchev–Trinajstić information content (AvgIpc) is 2.99. The van der Waals surface area contributed by atoms with Crippen LogP contribution >= 0.6 is 0 Å². The van der Waals surface area contributed by atoms with Crippen LogP contribution in [0.5, 0.6) is 5.75 Å². The first kappa shape index (κ1) is 19.1. The van der Waals surface area contributed by atoms with Gasteiger partial charge in [0.05, 0.1) is 6.61 Å². The molecular formula is C19H27NO5. The molecule has 6 nitrogen and oxygen atoms in total. The molecule has 1 unspecified atom stereocenters. The molecule has 2 rings (SSSR count). The van der Waals surface area contributed by atoms with Crippen molar-refractivity contribution in [3.05, 3.63) is 29.8 Å². The predicted octanol–water partition coefficient (Wildman–Crippen LogP) is 3.34. The second-order valence-electron chi connectivity index (χ2n) is 7.43. The number of nitrogens with zero attached hydrogens (tertiary/aromatic N) is 1. The second kappa shape index (κ2) is 8.23. The van der Waals surface area contributed by atoms with E-state index in [9.17, 15) is 9.59 Å². The number of rotatable bonds is 6. The van der Waals surface area contributed by atoms with Crippen LogP contribution in [0.3, 0.4) is 0 Å². The topological polar surface area (TPSA) is 76.1 Å². The standard InChI is InChI=1S/C19H27NO5/c1-19(2,3)25-18(23)20-11-10-15(12-20)13-24-16-7-4-14(5-8-16)6-9-17(21)22/h4-5,7-8,15H,6,9-13H2,1-3H3,(H,21,22). The minimum atomic E-state index is -0.795. The summed E-state index contributed by atoms with van der Waals surface area (Å²) in [5.41, 5.74) is 0.500. The summed E-state index contributed by atoms with van der Waals surface area (Å²) in [4.78, 5) is 24.4. The molecule has 0 bridgehead atoms. The zero-order valence-corrected chi connectivity index (χ0v) is 15.2. The number of hydrogen-bond donors (Lipinski definition) is 1. The quantitative estimate of drug-likeness (QED) is 0.852. The van der Waals surface area contributed by atoms with Gasteiger partial charge in [-0.3, -0.25) is 4.79 Å². The van der Waals surface area contributed by atoms with Crippen molar-refractivity contribution in [1.29, 1.82) is 0 Å². The Morgan fingerprint density at radius 2 is 1.92 bits per heavy atom. The number of carboxylic acid groups (broad SMARTS) is 1. The van der Waals surface area contributed by atoms with Gasteiger partial charge in [0.2, 0.25) is 0 Å². The van der Waals surface area contributed by atoms with E-state index >= 15 is 0 Å². The number of ether oxygens (including phenoxy) is 2. The molecule has 1 amide bonds. The van der Waals surface area contributed by atoms with Crippen molar-refractivity contribution < 1.29 is 24.2 Å². The molecule has 1 aliphatic rings. The molecule has 0 spiro atoms. The number of carboxylic acids is 1. The molecule has 1 saturated heterocycles. The summed E-state index contributed by atoms with van der Waals surface area (Å²) < 4.78 is 11.2. The first-order valence-electron chi connectivity index (χ1n) is 8.64. The molecule has 1 aromatic carbocycles. The molecule has 0 aromatic heterocycles. The lowest BCUT2D eigenvalue weighted by molar-refractivity contribution is -0.136. The number of amides is 1. The summed E-state index contributed by atoms with van der Waals surface area (Å²) in [7, 11) is 0. The number of aliphatic carboxylic acids is 1. The van der Waals surface area contributed by atoms with E-state index in [0.717, 1.165) is 17.7 Å². The highest BCUT2D eigenvalue weighted by atomic mass is 16.6. The van der Waals surface area contributed by atoms with E-state index in [0.29, 0.717) is 32.0 Å². The van der Waals surface area contributed by atoms with Gasteiger partial charge in [0.25, 0.3) is 0 Å². The van der Waals surface area contributed by atoms with E-state index in [1.807, 2.05) is 45.0 Å². The zero-order chi connectivity index (χ0) is 18.4. The molecule has 6 heteroatoms. The fourth-order valence-corrected chi connectivity index (χ4v) is 2.68. The van der Waals surface area contributed by atoms with Crippen LogP contribution in [0, 0.1) is 5.92 Å². The van der Waals surface area contributed by atoms with Gasteiger partial charge in [0, 0.05) is 25.4 Å². The van der Waals surface area contributed by atoms with Gasteiger partial charge < -0.3 is 19.5 Å². The molecule has 0 radical (unpaired) electrons.